The summed E-state index contributed by atoms with van der Waals surface area (Å²) < 4.78 is 11.3. The molecule has 20 heavy (non-hydrogen) atoms. The van der Waals surface area contributed by atoms with Crippen LogP contribution in [0.4, 0.5) is 0 Å². The molecule has 0 unspecified atom stereocenters. The van der Waals surface area contributed by atoms with Crippen LogP contribution in [0.5, 0.6) is 5.75 Å². The van der Waals surface area contributed by atoms with Crippen molar-refractivity contribution in [3.05, 3.63) is 29.3 Å². The molecular formula is C17H23ClO2. The van der Waals surface area contributed by atoms with Crippen LogP contribution in [0.25, 0.3) is 0 Å². The monoisotopic (exact) mass is 294 g/mol. The lowest BCUT2D eigenvalue weighted by atomic mass is 10.1. The molecule has 0 fully saturated rings. The van der Waals surface area contributed by atoms with E-state index in [0.717, 1.165) is 16.9 Å². The predicted molar refractivity (Wildman–Crippen MR) is 84.6 cm³/mol. The number of hydrogen-bond acceptors (Lipinski definition) is 2. The van der Waals surface area contributed by atoms with Crippen molar-refractivity contribution in [3.8, 4) is 17.6 Å². The molecule has 110 valence electrons. The van der Waals surface area contributed by atoms with Gasteiger partial charge in [0.15, 0.2) is 0 Å². The number of rotatable bonds is 5. The van der Waals surface area contributed by atoms with E-state index in [4.69, 9.17) is 21.1 Å². The highest BCUT2D eigenvalue weighted by Crippen LogP contribution is 2.17. The minimum Gasteiger partial charge on any atom is -0.491 e. The molecule has 1 rings (SSSR count). The highest BCUT2D eigenvalue weighted by atomic mass is 35.5. The Morgan fingerprint density at radius 3 is 2.55 bits per heavy atom. The fourth-order valence-electron chi connectivity index (χ4n) is 1.58. The van der Waals surface area contributed by atoms with Gasteiger partial charge in [-0.05, 0) is 51.5 Å². The van der Waals surface area contributed by atoms with Gasteiger partial charge in [0.2, 0.25) is 0 Å². The summed E-state index contributed by atoms with van der Waals surface area (Å²) in [4.78, 5) is 0. The number of benzene rings is 1. The van der Waals surface area contributed by atoms with Crippen LogP contribution in [0, 0.1) is 18.8 Å². The summed E-state index contributed by atoms with van der Waals surface area (Å²) >= 11 is 5.60. The summed E-state index contributed by atoms with van der Waals surface area (Å²) in [6.45, 7) is 9.26. The molecule has 0 heterocycles. The highest BCUT2D eigenvalue weighted by molar-refractivity contribution is 6.18. The zero-order valence-electron chi connectivity index (χ0n) is 12.8. The molecule has 2 nitrogen and oxygen atoms in total. The number of aryl methyl sites for hydroxylation is 1. The van der Waals surface area contributed by atoms with Gasteiger partial charge in [0.05, 0.1) is 12.2 Å². The zero-order chi connectivity index (χ0) is 15.0. The van der Waals surface area contributed by atoms with E-state index in [1.54, 1.807) is 0 Å². The number of ether oxygens (including phenoxy) is 2. The van der Waals surface area contributed by atoms with Crippen LogP contribution in [-0.4, -0.2) is 24.7 Å². The van der Waals surface area contributed by atoms with E-state index in [0.29, 0.717) is 25.5 Å². The molecule has 0 saturated carbocycles. The molecule has 3 heteroatoms. The lowest BCUT2D eigenvalue weighted by molar-refractivity contribution is -0.0163. The molecule has 1 aromatic carbocycles. The third-order valence-electron chi connectivity index (χ3n) is 2.53. The summed E-state index contributed by atoms with van der Waals surface area (Å²) in [7, 11) is 0. The van der Waals surface area contributed by atoms with Crippen LogP contribution in [0.15, 0.2) is 18.2 Å². The lowest BCUT2D eigenvalue weighted by Gasteiger charge is -2.19. The molecule has 0 amide bonds. The average Bonchev–Trinajstić information content (AvgIpc) is 2.36. The van der Waals surface area contributed by atoms with E-state index >= 15 is 0 Å². The first-order chi connectivity index (χ1) is 9.42. The van der Waals surface area contributed by atoms with Crippen LogP contribution < -0.4 is 4.74 Å². The average molecular weight is 295 g/mol. The maximum absolute atomic E-state index is 5.67. The van der Waals surface area contributed by atoms with Gasteiger partial charge in [-0.15, -0.1) is 11.6 Å². The van der Waals surface area contributed by atoms with Crippen LogP contribution in [0.1, 0.15) is 38.3 Å². The zero-order valence-corrected chi connectivity index (χ0v) is 13.5. The fraction of sp³-hybridized carbons (Fsp3) is 0.529. The fourth-order valence-corrected chi connectivity index (χ4v) is 1.67. The van der Waals surface area contributed by atoms with Crippen molar-refractivity contribution in [2.24, 2.45) is 0 Å². The highest BCUT2D eigenvalue weighted by Gasteiger charge is 2.09. The Hall–Kier alpha value is -1.17. The molecule has 0 aromatic heterocycles. The summed E-state index contributed by atoms with van der Waals surface area (Å²) in [5.41, 5.74) is 2.01. The van der Waals surface area contributed by atoms with Gasteiger partial charge in [-0.25, -0.2) is 0 Å². The Kier molecular flexibility index (Phi) is 6.91. The topological polar surface area (TPSA) is 18.5 Å². The molecular weight excluding hydrogens is 272 g/mol. The van der Waals surface area contributed by atoms with Crippen LogP contribution in [0.3, 0.4) is 0 Å². The molecule has 0 spiro atoms. The first kappa shape index (κ1) is 16.9. The standard InChI is InChI=1S/C17H23ClO2/c1-14-13-16(19-11-12-20-17(2,3)4)9-8-15(14)7-5-6-10-18/h8-9,13H,6,10-12H2,1-4H3. The largest absolute Gasteiger partial charge is 0.491 e. The van der Waals surface area contributed by atoms with Gasteiger partial charge < -0.3 is 9.47 Å². The van der Waals surface area contributed by atoms with Gasteiger partial charge in [0, 0.05) is 17.9 Å². The van der Waals surface area contributed by atoms with Crippen molar-refractivity contribution in [2.45, 2.75) is 39.7 Å². The van der Waals surface area contributed by atoms with Crippen molar-refractivity contribution in [1.82, 2.24) is 0 Å². The molecule has 1 aromatic rings. The second-order valence-electron chi connectivity index (χ2n) is 5.53. The van der Waals surface area contributed by atoms with E-state index < -0.39 is 0 Å². The Morgan fingerprint density at radius 1 is 1.20 bits per heavy atom. The van der Waals surface area contributed by atoms with E-state index in [2.05, 4.69) is 11.8 Å². The smallest absolute Gasteiger partial charge is 0.119 e. The summed E-state index contributed by atoms with van der Waals surface area (Å²) in [5.74, 6) is 7.57. The summed E-state index contributed by atoms with van der Waals surface area (Å²) in [5, 5.41) is 0. The summed E-state index contributed by atoms with van der Waals surface area (Å²) in [6, 6.07) is 5.92. The van der Waals surface area contributed by atoms with Gasteiger partial charge in [-0.1, -0.05) is 11.8 Å². The van der Waals surface area contributed by atoms with Crippen molar-refractivity contribution in [1.29, 1.82) is 0 Å². The van der Waals surface area contributed by atoms with Crippen molar-refractivity contribution in [2.75, 3.05) is 19.1 Å². The molecule has 0 bridgehead atoms. The van der Waals surface area contributed by atoms with Gasteiger partial charge in [-0.2, -0.15) is 0 Å². The van der Waals surface area contributed by atoms with Gasteiger partial charge in [0.25, 0.3) is 0 Å². The van der Waals surface area contributed by atoms with Crippen LogP contribution in [0.2, 0.25) is 0 Å². The number of halogens is 1. The minimum absolute atomic E-state index is 0.124. The Morgan fingerprint density at radius 2 is 1.95 bits per heavy atom. The molecule has 0 N–H and O–H groups in total. The normalized spacial score (nSPS) is 10.8. The SMILES string of the molecule is Cc1cc(OCCOC(C)(C)C)ccc1C#CCCCl. The Bertz CT molecular complexity index is 478. The van der Waals surface area contributed by atoms with Crippen LogP contribution >= 0.6 is 11.6 Å². The lowest BCUT2D eigenvalue weighted by Crippen LogP contribution is -2.22. The Balaban J connectivity index is 2.50. The molecule has 0 radical (unpaired) electrons. The van der Waals surface area contributed by atoms with E-state index in [-0.39, 0.29) is 5.60 Å². The van der Waals surface area contributed by atoms with E-state index in [1.807, 2.05) is 45.9 Å². The molecule has 0 aliphatic carbocycles. The third kappa shape index (κ3) is 6.84. The molecule has 0 aliphatic rings. The van der Waals surface area contributed by atoms with E-state index in [1.165, 1.54) is 0 Å². The molecule has 0 saturated heterocycles. The Labute approximate surface area is 127 Å². The predicted octanol–water partition coefficient (Wildman–Crippen LogP) is 4.17. The van der Waals surface area contributed by atoms with E-state index in [9.17, 15) is 0 Å². The third-order valence-corrected chi connectivity index (χ3v) is 2.72. The molecule has 0 aliphatic heterocycles. The quantitative estimate of drug-likeness (QED) is 0.461. The van der Waals surface area contributed by atoms with Gasteiger partial charge >= 0.3 is 0 Å². The summed E-state index contributed by atoms with van der Waals surface area (Å²) in [6.07, 6.45) is 0.712. The van der Waals surface area contributed by atoms with Crippen molar-refractivity contribution >= 4 is 11.6 Å². The van der Waals surface area contributed by atoms with Crippen molar-refractivity contribution in [3.63, 3.8) is 0 Å². The minimum atomic E-state index is -0.124. The first-order valence-electron chi connectivity index (χ1n) is 6.84. The number of alkyl halides is 1. The van der Waals surface area contributed by atoms with Crippen molar-refractivity contribution < 1.29 is 9.47 Å². The number of hydrogen-bond donors (Lipinski definition) is 0. The second-order valence-corrected chi connectivity index (χ2v) is 5.90. The maximum atomic E-state index is 5.67. The van der Waals surface area contributed by atoms with Crippen LogP contribution in [-0.2, 0) is 4.74 Å². The maximum Gasteiger partial charge on any atom is 0.119 e. The van der Waals surface area contributed by atoms with Gasteiger partial charge in [0.1, 0.15) is 12.4 Å². The molecule has 0 atom stereocenters. The second kappa shape index (κ2) is 8.19. The van der Waals surface area contributed by atoms with Gasteiger partial charge in [-0.3, -0.25) is 0 Å². The first-order valence-corrected chi connectivity index (χ1v) is 7.38.